The van der Waals surface area contributed by atoms with Crippen LogP contribution in [0.5, 0.6) is 0 Å². The van der Waals surface area contributed by atoms with Gasteiger partial charge < -0.3 is 14.6 Å². The van der Waals surface area contributed by atoms with Crippen molar-refractivity contribution in [3.63, 3.8) is 0 Å². The highest BCUT2D eigenvalue weighted by Gasteiger charge is 2.31. The first kappa shape index (κ1) is 82.0. The summed E-state index contributed by atoms with van der Waals surface area (Å²) in [5, 5.41) is 20.2. The molecular formula is C83H133NO3. The van der Waals surface area contributed by atoms with Crippen LogP contribution in [0.25, 0.3) is 0 Å². The highest BCUT2D eigenvalue weighted by atomic mass is 16.5. The number of hydrogen-bond donors (Lipinski definition) is 1. The zero-order valence-electron chi connectivity index (χ0n) is 62.0. The van der Waals surface area contributed by atoms with Crippen LogP contribution in [-0.4, -0.2) is 25.1 Å². The van der Waals surface area contributed by atoms with Crippen LogP contribution in [0.3, 0.4) is 0 Å². The lowest BCUT2D eigenvalue weighted by Crippen LogP contribution is -2.26. The number of aryl methyl sites for hydroxylation is 2. The standard InChI is InChI=1S/C31H52O.C18H25N.C17H28O2.C17H28/c1-12-14-19-31(18-13-2,23-32-11)20-17-24(3)15-16-26-21-27(29(5,6)7)25(4)28(22-26)30(8,9)10;1-8-9-13-10-15(17(2,3)4)14(12-19)16(11-13)18(5,6)7;1-8-13(16(2,3)4)15(19)14(17(5,6)7)11-9-10-12-18;1-8-9-13-10-14(16(2,3)4)12-15(11-13)17(5,6)7/h12,21-22H,1,3,13-20,23H2,2,4-11H3;8,10-11H,1,9H2,2-7H3;8-9,11-12,19H,10H2,1-7H3;10-12H,8-9H2,1-7H3/b;;11-9+,13-8+,15-14-;. The number of allylic oxidation sites excluding steroid dienone is 8. The lowest BCUT2D eigenvalue weighted by Gasteiger charge is -2.33. The predicted molar refractivity (Wildman–Crippen MR) is 386 cm³/mol. The molecule has 0 spiro atoms. The van der Waals surface area contributed by atoms with Crippen molar-refractivity contribution in [2.75, 3.05) is 13.7 Å². The van der Waals surface area contributed by atoms with Gasteiger partial charge in [-0.15, -0.1) is 13.2 Å². The second kappa shape index (κ2) is 34.8. The van der Waals surface area contributed by atoms with Gasteiger partial charge in [-0.05, 0) is 187 Å². The van der Waals surface area contributed by atoms with Crippen LogP contribution in [0.1, 0.15) is 306 Å². The fourth-order valence-electron chi connectivity index (χ4n) is 11.5. The molecule has 3 rings (SSSR count). The second-order valence-corrected chi connectivity index (χ2v) is 33.2. The molecule has 0 fully saturated rings. The Morgan fingerprint density at radius 2 is 1.05 bits per heavy atom. The lowest BCUT2D eigenvalue weighted by molar-refractivity contribution is -0.107. The van der Waals surface area contributed by atoms with Gasteiger partial charge in [-0.1, -0.05) is 278 Å². The van der Waals surface area contributed by atoms with E-state index in [4.69, 9.17) is 4.74 Å². The number of hydrogen-bond acceptors (Lipinski definition) is 4. The number of benzene rings is 3. The van der Waals surface area contributed by atoms with Crippen LogP contribution in [0, 0.1) is 34.5 Å². The molecule has 0 aliphatic rings. The summed E-state index contributed by atoms with van der Waals surface area (Å²) in [5.74, 6) is 0.324. The van der Waals surface area contributed by atoms with Crippen molar-refractivity contribution in [3.8, 4) is 6.07 Å². The summed E-state index contributed by atoms with van der Waals surface area (Å²) in [6.07, 6.45) is 23.1. The summed E-state index contributed by atoms with van der Waals surface area (Å²) in [5.41, 5.74) is 18.5. The van der Waals surface area contributed by atoms with Gasteiger partial charge in [0, 0.05) is 13.5 Å². The van der Waals surface area contributed by atoms with Crippen molar-refractivity contribution in [3.05, 3.63) is 176 Å². The molecule has 4 nitrogen and oxygen atoms in total. The summed E-state index contributed by atoms with van der Waals surface area (Å²) in [7, 11) is 1.84. The number of carbonyl (C=O) groups is 1. The van der Waals surface area contributed by atoms with Crippen molar-refractivity contribution >= 4 is 6.29 Å². The highest BCUT2D eigenvalue weighted by molar-refractivity contribution is 5.54. The van der Waals surface area contributed by atoms with Gasteiger partial charge >= 0.3 is 0 Å². The molecule has 0 aliphatic heterocycles. The largest absolute Gasteiger partial charge is 0.507 e. The van der Waals surface area contributed by atoms with Crippen molar-refractivity contribution in [1.82, 2.24) is 0 Å². The topological polar surface area (TPSA) is 70.3 Å². The molecule has 1 N–H and O–H groups in total. The van der Waals surface area contributed by atoms with E-state index in [1.807, 2.05) is 38.3 Å². The van der Waals surface area contributed by atoms with Gasteiger partial charge in [0.25, 0.3) is 0 Å². The van der Waals surface area contributed by atoms with E-state index >= 15 is 0 Å². The van der Waals surface area contributed by atoms with Gasteiger partial charge in [0.2, 0.25) is 0 Å². The van der Waals surface area contributed by atoms with Crippen molar-refractivity contribution in [2.45, 2.75) is 303 Å². The average molecular weight is 1190 g/mol. The first-order chi connectivity index (χ1) is 39.6. The second-order valence-electron chi connectivity index (χ2n) is 33.2. The summed E-state index contributed by atoms with van der Waals surface area (Å²) in [6, 6.07) is 18.8. The molecule has 3 aromatic rings. The quantitative estimate of drug-likeness (QED) is 0.0499. The molecule has 1 atom stereocenters. The number of ether oxygens (including phenoxy) is 1. The van der Waals surface area contributed by atoms with Gasteiger partial charge in [0.1, 0.15) is 12.0 Å². The molecule has 3 aromatic carbocycles. The molecule has 0 heterocycles. The van der Waals surface area contributed by atoms with Crippen LogP contribution in [0.15, 0.2) is 115 Å². The summed E-state index contributed by atoms with van der Waals surface area (Å²) < 4.78 is 5.66. The first-order valence-corrected chi connectivity index (χ1v) is 33.1. The molecule has 0 bridgehead atoms. The number of nitriles is 1. The summed E-state index contributed by atoms with van der Waals surface area (Å²) in [6.45, 7) is 75.0. The molecule has 0 saturated carbocycles. The fourth-order valence-corrected chi connectivity index (χ4v) is 11.5. The number of rotatable bonds is 21. The van der Waals surface area contributed by atoms with E-state index in [0.717, 1.165) is 85.7 Å². The van der Waals surface area contributed by atoms with E-state index in [9.17, 15) is 15.2 Å². The monoisotopic (exact) mass is 1190 g/mol. The van der Waals surface area contributed by atoms with E-state index in [-0.39, 0.29) is 48.7 Å². The van der Waals surface area contributed by atoms with Gasteiger partial charge in [-0.25, -0.2) is 0 Å². The average Bonchev–Trinajstić information content (AvgIpc) is 2.55. The fraction of sp³-hybridized carbons (Fsp3) is 0.614. The zero-order chi connectivity index (χ0) is 68.0. The Morgan fingerprint density at radius 1 is 0.586 bits per heavy atom. The Balaban J connectivity index is 0.00000118. The van der Waals surface area contributed by atoms with Gasteiger partial charge in [0.15, 0.2) is 0 Å². The molecular weight excluding hydrogens is 1060 g/mol. The maximum atomic E-state index is 10.6. The van der Waals surface area contributed by atoms with Crippen LogP contribution in [-0.2, 0) is 61.3 Å². The zero-order valence-corrected chi connectivity index (χ0v) is 62.0. The number of aliphatic hydroxyl groups is 1. The Morgan fingerprint density at radius 3 is 1.39 bits per heavy atom. The molecule has 87 heavy (non-hydrogen) atoms. The number of aliphatic hydroxyl groups excluding tert-OH is 1. The van der Waals surface area contributed by atoms with Crippen LogP contribution in [0.2, 0.25) is 0 Å². The van der Waals surface area contributed by atoms with E-state index in [0.29, 0.717) is 12.2 Å². The van der Waals surface area contributed by atoms with E-state index in [1.165, 1.54) is 75.8 Å². The van der Waals surface area contributed by atoms with Crippen LogP contribution < -0.4 is 0 Å². The lowest BCUT2D eigenvalue weighted by atomic mass is 9.74. The maximum Gasteiger partial charge on any atom is 0.123 e. The number of nitrogens with zero attached hydrogens (tertiary/aromatic N) is 1. The SMILES string of the molecule is C=CCCC(CCC)(CCC(=C)CCc1cc(C(C)(C)C)c(C)c(C(C)(C)C)c1)COC.C=CCc1cc(C(C)(C)C)c(C#N)c(C(C)(C)C)c1.CCCc1cc(C(C)(C)C)cc(C(C)(C)C)c1.C\C=C(/C(O)=C(\C=C\CC=O)C(C)(C)C)C(C)(C)C. The molecule has 0 radical (unpaired) electrons. The maximum absolute atomic E-state index is 10.6. The molecule has 0 saturated heterocycles. The van der Waals surface area contributed by atoms with Crippen molar-refractivity contribution in [2.24, 2.45) is 16.2 Å². The minimum absolute atomic E-state index is 0.0256. The van der Waals surface area contributed by atoms with Crippen molar-refractivity contribution < 1.29 is 14.6 Å². The van der Waals surface area contributed by atoms with Gasteiger partial charge in [0.05, 0.1) is 18.2 Å². The summed E-state index contributed by atoms with van der Waals surface area (Å²) in [4.78, 5) is 10.4. The third-order valence-corrected chi connectivity index (χ3v) is 16.5. The Bertz CT molecular complexity index is 2680. The molecule has 0 amide bonds. The molecule has 1 unspecified atom stereocenters. The molecule has 4 heteroatoms. The van der Waals surface area contributed by atoms with E-state index < -0.39 is 0 Å². The molecule has 0 aromatic heterocycles. The number of carbonyl (C=O) groups excluding carboxylic acids is 1. The van der Waals surface area contributed by atoms with Gasteiger partial charge in [-0.2, -0.15) is 5.26 Å². The van der Waals surface area contributed by atoms with E-state index in [1.54, 1.807) is 6.08 Å². The van der Waals surface area contributed by atoms with Gasteiger partial charge in [-0.3, -0.25) is 0 Å². The Labute approximate surface area is 539 Å². The molecule has 488 valence electrons. The van der Waals surface area contributed by atoms with Crippen LogP contribution in [0.4, 0.5) is 0 Å². The number of methoxy groups -OCH3 is 1. The van der Waals surface area contributed by atoms with Crippen LogP contribution >= 0.6 is 0 Å². The van der Waals surface area contributed by atoms with E-state index in [2.05, 4.69) is 255 Å². The third-order valence-electron chi connectivity index (χ3n) is 16.5. The first-order valence-electron chi connectivity index (χ1n) is 33.1. The predicted octanol–water partition coefficient (Wildman–Crippen LogP) is 24.4. The van der Waals surface area contributed by atoms with Crippen molar-refractivity contribution in [1.29, 1.82) is 5.26 Å². The molecule has 0 aliphatic carbocycles. The Hall–Kier alpha value is -4.98. The third kappa shape index (κ3) is 28.2. The number of aldehydes is 1. The normalized spacial score (nSPS) is 13.8. The smallest absolute Gasteiger partial charge is 0.123 e. The Kier molecular flexibility index (Phi) is 32.8. The minimum atomic E-state index is -0.178. The highest BCUT2D eigenvalue weighted by Crippen LogP contribution is 2.41. The summed E-state index contributed by atoms with van der Waals surface area (Å²) >= 11 is 0. The minimum Gasteiger partial charge on any atom is -0.507 e.